The van der Waals surface area contributed by atoms with Gasteiger partial charge < -0.3 is 0 Å². The lowest BCUT2D eigenvalue weighted by molar-refractivity contribution is -0.384. The van der Waals surface area contributed by atoms with E-state index >= 15 is 0 Å². The van der Waals surface area contributed by atoms with Gasteiger partial charge in [0.15, 0.2) is 5.78 Å². The zero-order valence-corrected chi connectivity index (χ0v) is 10.7. The highest BCUT2D eigenvalue weighted by atomic mass is 16.6. The summed E-state index contributed by atoms with van der Waals surface area (Å²) < 4.78 is 0. The molecule has 0 aliphatic carbocycles. The molecule has 0 heterocycles. The van der Waals surface area contributed by atoms with Crippen molar-refractivity contribution in [2.24, 2.45) is 0 Å². The average molecular weight is 267 g/mol. The summed E-state index contributed by atoms with van der Waals surface area (Å²) in [5.41, 5.74) is 1.76. The highest BCUT2D eigenvalue weighted by Gasteiger charge is 2.03. The van der Waals surface area contributed by atoms with Crippen LogP contribution in [0.3, 0.4) is 0 Å². The second-order valence-corrected chi connectivity index (χ2v) is 4.31. The molecule has 0 radical (unpaired) electrons. The number of carbonyl (C=O) groups excluding carboxylic acids is 1. The minimum atomic E-state index is -0.450. The number of ketones is 1. The fourth-order valence-electron chi connectivity index (χ4n) is 1.75. The Morgan fingerprint density at radius 3 is 2.30 bits per heavy atom. The molecule has 0 saturated heterocycles. The van der Waals surface area contributed by atoms with E-state index in [1.807, 2.05) is 30.3 Å². The van der Waals surface area contributed by atoms with E-state index in [-0.39, 0.29) is 11.5 Å². The monoisotopic (exact) mass is 267 g/mol. The Bertz CT molecular complexity index is 631. The average Bonchev–Trinajstić information content (AvgIpc) is 2.46. The molecule has 0 fully saturated rings. The smallest absolute Gasteiger partial charge is 0.269 e. The van der Waals surface area contributed by atoms with Gasteiger partial charge >= 0.3 is 0 Å². The van der Waals surface area contributed by atoms with Crippen molar-refractivity contribution in [3.63, 3.8) is 0 Å². The maximum atomic E-state index is 11.8. The molecular formula is C16H13NO3. The van der Waals surface area contributed by atoms with Crippen molar-refractivity contribution in [2.75, 3.05) is 0 Å². The molecule has 0 bridgehead atoms. The molecule has 0 amide bonds. The summed E-state index contributed by atoms with van der Waals surface area (Å²) in [5, 5.41) is 10.5. The van der Waals surface area contributed by atoms with Crippen molar-refractivity contribution in [3.8, 4) is 0 Å². The van der Waals surface area contributed by atoms with Crippen molar-refractivity contribution >= 4 is 17.5 Å². The third-order valence-electron chi connectivity index (χ3n) is 2.79. The molecular weight excluding hydrogens is 254 g/mol. The van der Waals surface area contributed by atoms with Gasteiger partial charge in [-0.25, -0.2) is 0 Å². The molecule has 2 aromatic rings. The van der Waals surface area contributed by atoms with Crippen LogP contribution in [0, 0.1) is 10.1 Å². The molecule has 0 aromatic heterocycles. The summed E-state index contributed by atoms with van der Waals surface area (Å²) >= 11 is 0. The van der Waals surface area contributed by atoms with Crippen LogP contribution in [-0.2, 0) is 11.2 Å². The normalized spacial score (nSPS) is 10.6. The van der Waals surface area contributed by atoms with Gasteiger partial charge in [-0.05, 0) is 29.3 Å². The lowest BCUT2D eigenvalue weighted by Gasteiger charge is -1.97. The number of allylic oxidation sites excluding steroid dienone is 1. The molecule has 2 rings (SSSR count). The van der Waals surface area contributed by atoms with E-state index in [9.17, 15) is 14.9 Å². The van der Waals surface area contributed by atoms with Crippen LogP contribution in [0.4, 0.5) is 5.69 Å². The van der Waals surface area contributed by atoms with Gasteiger partial charge in [-0.3, -0.25) is 14.9 Å². The van der Waals surface area contributed by atoms with E-state index < -0.39 is 4.92 Å². The van der Waals surface area contributed by atoms with E-state index in [0.717, 1.165) is 11.1 Å². The topological polar surface area (TPSA) is 60.2 Å². The zero-order valence-electron chi connectivity index (χ0n) is 10.7. The molecule has 0 atom stereocenters. The predicted molar refractivity (Wildman–Crippen MR) is 77.3 cm³/mol. The van der Waals surface area contributed by atoms with Crippen LogP contribution in [0.2, 0.25) is 0 Å². The first-order chi connectivity index (χ1) is 9.65. The standard InChI is InChI=1S/C16H13NO3/c18-16(12-14-4-2-1-3-5-14)11-8-13-6-9-15(10-7-13)17(19)20/h1-11H,12H2/b11-8+. The molecule has 100 valence electrons. The van der Waals surface area contributed by atoms with Crippen LogP contribution in [0.1, 0.15) is 11.1 Å². The van der Waals surface area contributed by atoms with Gasteiger partial charge in [-0.1, -0.05) is 36.4 Å². The van der Waals surface area contributed by atoms with E-state index in [4.69, 9.17) is 0 Å². The van der Waals surface area contributed by atoms with Gasteiger partial charge in [-0.15, -0.1) is 0 Å². The Hall–Kier alpha value is -2.75. The van der Waals surface area contributed by atoms with Crippen molar-refractivity contribution in [2.45, 2.75) is 6.42 Å². The molecule has 0 N–H and O–H groups in total. The van der Waals surface area contributed by atoms with Crippen LogP contribution in [0.25, 0.3) is 6.08 Å². The van der Waals surface area contributed by atoms with Crippen molar-refractivity contribution in [3.05, 3.63) is 81.9 Å². The Morgan fingerprint density at radius 1 is 1.05 bits per heavy atom. The highest BCUT2D eigenvalue weighted by molar-refractivity contribution is 5.95. The van der Waals surface area contributed by atoms with Crippen molar-refractivity contribution < 1.29 is 9.72 Å². The van der Waals surface area contributed by atoms with Crippen LogP contribution in [0.15, 0.2) is 60.7 Å². The minimum absolute atomic E-state index is 0.00504. The van der Waals surface area contributed by atoms with Gasteiger partial charge in [-0.2, -0.15) is 0 Å². The van der Waals surface area contributed by atoms with Gasteiger partial charge in [0.1, 0.15) is 0 Å². The molecule has 4 nitrogen and oxygen atoms in total. The lowest BCUT2D eigenvalue weighted by Crippen LogP contribution is -1.97. The van der Waals surface area contributed by atoms with Gasteiger partial charge in [0, 0.05) is 18.6 Å². The molecule has 0 aliphatic heterocycles. The lowest BCUT2D eigenvalue weighted by atomic mass is 10.1. The first-order valence-electron chi connectivity index (χ1n) is 6.14. The molecule has 0 spiro atoms. The largest absolute Gasteiger partial charge is 0.294 e. The van der Waals surface area contributed by atoms with E-state index in [1.54, 1.807) is 18.2 Å². The molecule has 0 unspecified atom stereocenters. The second kappa shape index (κ2) is 6.43. The second-order valence-electron chi connectivity index (χ2n) is 4.31. The van der Waals surface area contributed by atoms with E-state index in [2.05, 4.69) is 0 Å². The molecule has 0 aliphatic rings. The zero-order chi connectivity index (χ0) is 14.4. The van der Waals surface area contributed by atoms with E-state index in [0.29, 0.717) is 6.42 Å². The summed E-state index contributed by atoms with van der Waals surface area (Å²) in [6.45, 7) is 0. The maximum absolute atomic E-state index is 11.8. The SMILES string of the molecule is O=C(/C=C/c1ccc([N+](=O)[O-])cc1)Cc1ccccc1. The number of benzene rings is 2. The van der Waals surface area contributed by atoms with Crippen LogP contribution < -0.4 is 0 Å². The Morgan fingerprint density at radius 2 is 1.70 bits per heavy atom. The molecule has 0 saturated carbocycles. The molecule has 20 heavy (non-hydrogen) atoms. The number of nitrogens with zero attached hydrogens (tertiary/aromatic N) is 1. The van der Waals surface area contributed by atoms with Crippen molar-refractivity contribution in [1.29, 1.82) is 0 Å². The minimum Gasteiger partial charge on any atom is -0.294 e. The number of nitro groups is 1. The maximum Gasteiger partial charge on any atom is 0.269 e. The van der Waals surface area contributed by atoms with Gasteiger partial charge in [0.25, 0.3) is 5.69 Å². The number of rotatable bonds is 5. The summed E-state index contributed by atoms with van der Waals surface area (Å²) in [7, 11) is 0. The number of carbonyl (C=O) groups is 1. The fourth-order valence-corrected chi connectivity index (χ4v) is 1.75. The number of non-ortho nitro benzene ring substituents is 1. The van der Waals surface area contributed by atoms with Crippen LogP contribution in [0.5, 0.6) is 0 Å². The Balaban J connectivity index is 1.98. The fraction of sp³-hybridized carbons (Fsp3) is 0.0625. The molecule has 4 heteroatoms. The highest BCUT2D eigenvalue weighted by Crippen LogP contribution is 2.13. The van der Waals surface area contributed by atoms with Gasteiger partial charge in [0.2, 0.25) is 0 Å². The van der Waals surface area contributed by atoms with Crippen LogP contribution in [-0.4, -0.2) is 10.7 Å². The van der Waals surface area contributed by atoms with Crippen LogP contribution >= 0.6 is 0 Å². The number of nitro benzene ring substituents is 1. The van der Waals surface area contributed by atoms with E-state index in [1.165, 1.54) is 18.2 Å². The Labute approximate surface area is 116 Å². The quantitative estimate of drug-likeness (QED) is 0.473. The predicted octanol–water partition coefficient (Wildman–Crippen LogP) is 3.42. The number of hydrogen-bond donors (Lipinski definition) is 0. The summed E-state index contributed by atoms with van der Waals surface area (Å²) in [4.78, 5) is 21.8. The summed E-state index contributed by atoms with van der Waals surface area (Å²) in [5.74, 6) is -0.00504. The first-order valence-corrected chi connectivity index (χ1v) is 6.14. The summed E-state index contributed by atoms with van der Waals surface area (Å²) in [6.07, 6.45) is 3.51. The summed E-state index contributed by atoms with van der Waals surface area (Å²) in [6, 6.07) is 15.6. The first kappa shape index (κ1) is 13.7. The molecule has 2 aromatic carbocycles. The number of hydrogen-bond acceptors (Lipinski definition) is 3. The van der Waals surface area contributed by atoms with Gasteiger partial charge in [0.05, 0.1) is 4.92 Å². The Kier molecular flexibility index (Phi) is 4.39. The third-order valence-corrected chi connectivity index (χ3v) is 2.79. The third kappa shape index (κ3) is 3.88. The van der Waals surface area contributed by atoms with Crippen molar-refractivity contribution in [1.82, 2.24) is 0 Å².